The van der Waals surface area contributed by atoms with Crippen LogP contribution in [0.25, 0.3) is 10.9 Å². The predicted molar refractivity (Wildman–Crippen MR) is 82.2 cm³/mol. The molecule has 0 radical (unpaired) electrons. The van der Waals surface area contributed by atoms with E-state index in [0.717, 1.165) is 22.1 Å². The summed E-state index contributed by atoms with van der Waals surface area (Å²) in [7, 11) is 0. The summed E-state index contributed by atoms with van der Waals surface area (Å²) in [5.41, 5.74) is 7.60. The van der Waals surface area contributed by atoms with Gasteiger partial charge in [-0.3, -0.25) is 9.78 Å². The van der Waals surface area contributed by atoms with Crippen LogP contribution in [0.15, 0.2) is 24.5 Å². The minimum absolute atomic E-state index is 0.379. The molecule has 0 aliphatic rings. The van der Waals surface area contributed by atoms with E-state index in [2.05, 4.69) is 26.8 Å². The van der Waals surface area contributed by atoms with Gasteiger partial charge in [0.25, 0.3) is 0 Å². The molecule has 5 nitrogen and oxygen atoms in total. The van der Waals surface area contributed by atoms with Gasteiger partial charge in [-0.05, 0) is 25.0 Å². The lowest BCUT2D eigenvalue weighted by atomic mass is 10.1. The van der Waals surface area contributed by atoms with Crippen molar-refractivity contribution in [3.63, 3.8) is 0 Å². The summed E-state index contributed by atoms with van der Waals surface area (Å²) >= 11 is 1.39. The van der Waals surface area contributed by atoms with Gasteiger partial charge in [0.1, 0.15) is 17.0 Å². The van der Waals surface area contributed by atoms with E-state index in [-0.39, 0.29) is 0 Å². The molecule has 0 aliphatic carbocycles. The van der Waals surface area contributed by atoms with Gasteiger partial charge < -0.3 is 5.73 Å². The van der Waals surface area contributed by atoms with Gasteiger partial charge in [-0.1, -0.05) is 5.92 Å². The van der Waals surface area contributed by atoms with Crippen LogP contribution in [0, 0.1) is 18.8 Å². The lowest BCUT2D eigenvalue weighted by Gasteiger charge is -2.01. The number of thiazole rings is 1. The first-order valence-corrected chi connectivity index (χ1v) is 6.94. The van der Waals surface area contributed by atoms with E-state index in [1.54, 1.807) is 12.4 Å². The van der Waals surface area contributed by atoms with Crippen molar-refractivity contribution in [2.45, 2.75) is 6.92 Å². The third kappa shape index (κ3) is 2.47. The van der Waals surface area contributed by atoms with Crippen molar-refractivity contribution in [3.05, 3.63) is 45.7 Å². The van der Waals surface area contributed by atoms with E-state index in [4.69, 9.17) is 5.73 Å². The number of nitrogens with two attached hydrogens (primary N) is 1. The monoisotopic (exact) mass is 294 g/mol. The topological polar surface area (TPSA) is 81.8 Å². The summed E-state index contributed by atoms with van der Waals surface area (Å²) in [5, 5.41) is 1.45. The molecule has 0 spiro atoms. The zero-order valence-corrected chi connectivity index (χ0v) is 11.9. The van der Waals surface area contributed by atoms with Crippen LogP contribution in [-0.2, 0) is 0 Å². The Hall–Kier alpha value is -2.78. The average Bonchev–Trinajstić information content (AvgIpc) is 2.87. The van der Waals surface area contributed by atoms with Crippen LogP contribution in [0.3, 0.4) is 0 Å². The van der Waals surface area contributed by atoms with Gasteiger partial charge in [-0.25, -0.2) is 9.97 Å². The number of anilines is 1. The van der Waals surface area contributed by atoms with Crippen molar-refractivity contribution in [3.8, 4) is 11.8 Å². The Labute approximate surface area is 124 Å². The molecule has 0 aromatic carbocycles. The van der Waals surface area contributed by atoms with Gasteiger partial charge in [-0.15, -0.1) is 11.3 Å². The maximum atomic E-state index is 10.8. The summed E-state index contributed by atoms with van der Waals surface area (Å²) in [6.45, 7) is 1.84. The molecular weight excluding hydrogens is 284 g/mol. The van der Waals surface area contributed by atoms with Crippen LogP contribution in [0.4, 0.5) is 5.82 Å². The number of aldehydes is 1. The molecule has 0 bridgehead atoms. The highest BCUT2D eigenvalue weighted by atomic mass is 32.1. The van der Waals surface area contributed by atoms with Crippen LogP contribution in [-0.4, -0.2) is 21.2 Å². The summed E-state index contributed by atoms with van der Waals surface area (Å²) in [6.07, 6.45) is 4.02. The Balaban J connectivity index is 2.08. The number of aromatic nitrogens is 3. The lowest BCUT2D eigenvalue weighted by molar-refractivity contribution is 0.111. The van der Waals surface area contributed by atoms with E-state index < -0.39 is 0 Å². The number of carbonyl (C=O) groups excluding carboxylic acids is 1. The number of nitrogens with zero attached hydrogens (tertiary/aromatic N) is 3. The summed E-state index contributed by atoms with van der Waals surface area (Å²) in [5.74, 6) is 6.36. The van der Waals surface area contributed by atoms with Crippen molar-refractivity contribution in [2.75, 3.05) is 5.73 Å². The Bertz CT molecular complexity index is 905. The second kappa shape index (κ2) is 5.31. The molecule has 0 aliphatic heterocycles. The fourth-order valence-electron chi connectivity index (χ4n) is 1.88. The van der Waals surface area contributed by atoms with Gasteiger partial charge in [0, 0.05) is 22.7 Å². The van der Waals surface area contributed by atoms with E-state index >= 15 is 0 Å². The highest BCUT2D eigenvalue weighted by Crippen LogP contribution is 2.20. The van der Waals surface area contributed by atoms with Crippen molar-refractivity contribution in [1.82, 2.24) is 15.0 Å². The van der Waals surface area contributed by atoms with Gasteiger partial charge in [0.05, 0.1) is 5.56 Å². The fourth-order valence-corrected chi connectivity index (χ4v) is 2.62. The number of hydrogen-bond acceptors (Lipinski definition) is 6. The molecule has 102 valence electrons. The van der Waals surface area contributed by atoms with Crippen LogP contribution in [0.1, 0.15) is 25.9 Å². The summed E-state index contributed by atoms with van der Waals surface area (Å²) < 4.78 is 0. The molecule has 0 fully saturated rings. The minimum Gasteiger partial charge on any atom is -0.382 e. The highest BCUT2D eigenvalue weighted by Gasteiger charge is 2.06. The van der Waals surface area contributed by atoms with Crippen molar-refractivity contribution in [2.24, 2.45) is 0 Å². The number of rotatable bonds is 1. The molecule has 0 atom stereocenters. The first-order valence-electron chi connectivity index (χ1n) is 6.13. The maximum Gasteiger partial charge on any atom is 0.169 e. The second-order valence-electron chi connectivity index (χ2n) is 4.28. The first-order chi connectivity index (χ1) is 10.2. The number of carbonyl (C=O) groups is 1. The van der Waals surface area contributed by atoms with Crippen molar-refractivity contribution >= 4 is 34.3 Å². The third-order valence-electron chi connectivity index (χ3n) is 2.92. The van der Waals surface area contributed by atoms with E-state index in [9.17, 15) is 4.79 Å². The number of aryl methyl sites for hydroxylation is 1. The molecule has 3 rings (SSSR count). The number of pyridine rings is 2. The molecule has 3 aromatic heterocycles. The molecule has 21 heavy (non-hydrogen) atoms. The van der Waals surface area contributed by atoms with E-state index in [1.165, 1.54) is 11.3 Å². The molecule has 0 amide bonds. The number of fused-ring (bicyclic) bond motifs is 1. The largest absolute Gasteiger partial charge is 0.382 e. The smallest absolute Gasteiger partial charge is 0.169 e. The zero-order valence-electron chi connectivity index (χ0n) is 11.1. The second-order valence-corrected chi connectivity index (χ2v) is 5.49. The quantitative estimate of drug-likeness (QED) is 0.549. The summed E-state index contributed by atoms with van der Waals surface area (Å²) in [4.78, 5) is 24.1. The van der Waals surface area contributed by atoms with Crippen molar-refractivity contribution < 1.29 is 4.79 Å². The van der Waals surface area contributed by atoms with Gasteiger partial charge in [0.15, 0.2) is 11.3 Å². The van der Waals surface area contributed by atoms with E-state index in [0.29, 0.717) is 22.0 Å². The molecule has 3 aromatic rings. The number of hydrogen-bond donors (Lipinski definition) is 1. The Morgan fingerprint density at radius 1 is 1.33 bits per heavy atom. The fraction of sp³-hybridized carbons (Fsp3) is 0.0667. The zero-order chi connectivity index (χ0) is 14.8. The molecule has 2 N–H and O–H groups in total. The van der Waals surface area contributed by atoms with Gasteiger partial charge >= 0.3 is 0 Å². The van der Waals surface area contributed by atoms with Crippen LogP contribution in [0.2, 0.25) is 0 Å². The Morgan fingerprint density at radius 2 is 2.19 bits per heavy atom. The molecular formula is C15H10N4OS. The third-order valence-corrected chi connectivity index (χ3v) is 3.82. The predicted octanol–water partition coefficient (Wildman–Crippen LogP) is 2.19. The molecule has 6 heteroatoms. The van der Waals surface area contributed by atoms with Crippen molar-refractivity contribution in [1.29, 1.82) is 0 Å². The maximum absolute atomic E-state index is 10.8. The SMILES string of the molecule is Cc1sc(C#Cc2cnc(N)c3ncccc23)nc1C=O. The molecule has 0 unspecified atom stereocenters. The van der Waals surface area contributed by atoms with Crippen LogP contribution in [0.5, 0.6) is 0 Å². The van der Waals surface area contributed by atoms with Gasteiger partial charge in [-0.2, -0.15) is 0 Å². The first kappa shape index (κ1) is 13.2. The van der Waals surface area contributed by atoms with Crippen LogP contribution >= 0.6 is 11.3 Å². The van der Waals surface area contributed by atoms with Gasteiger partial charge in [0.2, 0.25) is 0 Å². The molecule has 3 heterocycles. The number of nitrogen functional groups attached to an aromatic ring is 1. The van der Waals surface area contributed by atoms with E-state index in [1.807, 2.05) is 19.1 Å². The highest BCUT2D eigenvalue weighted by molar-refractivity contribution is 7.12. The minimum atomic E-state index is 0.379. The standard InChI is InChI=1S/C15H10N4OS/c1-9-12(8-20)19-13(21-9)5-4-10-7-18-15(16)14-11(10)3-2-6-17-14/h2-3,6-8H,1H3,(H2,16,18). The average molecular weight is 294 g/mol. The molecule has 0 saturated heterocycles. The Morgan fingerprint density at radius 3 is 2.95 bits per heavy atom. The molecule has 0 saturated carbocycles. The normalized spacial score (nSPS) is 10.1. The summed E-state index contributed by atoms with van der Waals surface area (Å²) in [6, 6.07) is 3.72. The lowest BCUT2D eigenvalue weighted by Crippen LogP contribution is -1.95. The van der Waals surface area contributed by atoms with Crippen LogP contribution < -0.4 is 5.73 Å². The Kier molecular flexibility index (Phi) is 3.34.